The largest absolute Gasteiger partial charge is 0.480 e. The van der Waals surface area contributed by atoms with Gasteiger partial charge in [-0.3, -0.25) is 34.0 Å². The Morgan fingerprint density at radius 3 is 2.08 bits per heavy atom. The zero-order valence-electron chi connectivity index (χ0n) is 34.8. The minimum atomic E-state index is -1.52. The van der Waals surface area contributed by atoms with Gasteiger partial charge in [0, 0.05) is 32.1 Å². The molecule has 3 fully saturated rings. The summed E-state index contributed by atoms with van der Waals surface area (Å²) in [7, 11) is 0. The molecule has 2 aliphatic carbocycles. The predicted molar refractivity (Wildman–Crippen MR) is 226 cm³/mol. The number of aliphatic carboxylic acids is 1. The number of amides is 5. The molecule has 15 N–H and O–H groups in total. The Bertz CT molecular complexity index is 1810. The second-order valence-electron chi connectivity index (χ2n) is 16.8. The van der Waals surface area contributed by atoms with E-state index in [9.17, 15) is 39.0 Å². The number of fused-ring (bicyclic) bond motifs is 2. The Morgan fingerprint density at radius 1 is 0.803 bits per heavy atom. The molecule has 7 atom stereocenters. The van der Waals surface area contributed by atoms with E-state index in [1.807, 2.05) is 24.3 Å². The number of hydrogen-bond donors (Lipinski definition) is 10. The molecule has 2 saturated carbocycles. The van der Waals surface area contributed by atoms with Gasteiger partial charge in [0.25, 0.3) is 0 Å². The number of benzene rings is 1. The van der Waals surface area contributed by atoms with Crippen LogP contribution in [-0.2, 0) is 41.7 Å². The number of hydrogen-bond acceptors (Lipinski definition) is 10. The fourth-order valence-corrected chi connectivity index (χ4v) is 9.42. The number of carboxylic acid groups (broad SMARTS) is 1. The van der Waals surface area contributed by atoms with Crippen molar-refractivity contribution < 1.29 is 39.0 Å². The van der Waals surface area contributed by atoms with Gasteiger partial charge in [-0.2, -0.15) is 0 Å². The van der Waals surface area contributed by atoms with E-state index in [1.165, 1.54) is 9.80 Å². The molecule has 61 heavy (non-hydrogen) atoms. The molecule has 0 spiro atoms. The molecule has 20 heteroatoms. The second-order valence-corrected chi connectivity index (χ2v) is 16.8. The number of aliphatic hydroxyl groups is 1. The number of nitrogens with two attached hydrogens (primary N) is 5. The molecular formula is C41H64N12O8. The molecular weight excluding hydrogens is 789 g/mol. The predicted octanol–water partition coefficient (Wildman–Crippen LogP) is -1.60. The third-order valence-electron chi connectivity index (χ3n) is 12.6. The van der Waals surface area contributed by atoms with Crippen LogP contribution in [-0.4, -0.2) is 129 Å². The third kappa shape index (κ3) is 11.7. The van der Waals surface area contributed by atoms with Crippen LogP contribution in [0.3, 0.4) is 0 Å². The molecule has 1 aromatic carbocycles. The van der Waals surface area contributed by atoms with Gasteiger partial charge in [-0.15, -0.1) is 0 Å². The number of rotatable bonds is 18. The summed E-state index contributed by atoms with van der Waals surface area (Å²) in [6.07, 6.45) is 7.16. The van der Waals surface area contributed by atoms with Crippen molar-refractivity contribution in [1.82, 2.24) is 25.8 Å². The summed E-state index contributed by atoms with van der Waals surface area (Å²) >= 11 is 0. The highest BCUT2D eigenvalue weighted by atomic mass is 16.4. The summed E-state index contributed by atoms with van der Waals surface area (Å²) in [5.41, 5.74) is 28.0. The van der Waals surface area contributed by atoms with E-state index in [0.29, 0.717) is 38.5 Å². The maximum atomic E-state index is 14.6. The van der Waals surface area contributed by atoms with E-state index < -0.39 is 77.9 Å². The van der Waals surface area contributed by atoms with E-state index in [1.54, 1.807) is 0 Å². The standard InChI is InChI=1S/C41H64N12O8/c42-27(13-8-18-47-39(43)44)33(55)49-28(14-9-19-48-40(45)46)34(56)51-41(16-6-1-7-17-41)38(61)50-29(23-54)35(57)52-22-26-12-3-2-10-24(26)20-31(52)36(58)53-30-15-5-4-11-25(30)21-32(53)37(59)60/h2-3,10,12,25,27-32,54H,1,4-9,11,13-23,42H2,(H,49,55)(H,50,61)(H,51,56)(H,59,60)(H4,43,44,47)(H4,45,46,48)/t25-,27+,28-,29-,30-,31+,32-/m0/s1. The maximum Gasteiger partial charge on any atom is 0.326 e. The Kier molecular flexibility index (Phi) is 16.3. The number of nitrogens with one attached hydrogen (secondary N) is 3. The smallest absolute Gasteiger partial charge is 0.326 e. The van der Waals surface area contributed by atoms with E-state index in [0.717, 1.165) is 36.8 Å². The van der Waals surface area contributed by atoms with Crippen molar-refractivity contribution in [2.75, 3.05) is 19.7 Å². The van der Waals surface area contributed by atoms with Gasteiger partial charge in [-0.1, -0.05) is 56.4 Å². The molecule has 2 aliphatic heterocycles. The minimum Gasteiger partial charge on any atom is -0.480 e. The molecule has 2 heterocycles. The van der Waals surface area contributed by atoms with Crippen molar-refractivity contribution in [3.8, 4) is 0 Å². The highest BCUT2D eigenvalue weighted by Crippen LogP contribution is 2.41. The number of aliphatic hydroxyl groups excluding tert-OH is 1. The van der Waals surface area contributed by atoms with E-state index in [4.69, 9.17) is 28.7 Å². The molecule has 1 aromatic rings. The van der Waals surface area contributed by atoms with Crippen molar-refractivity contribution in [3.05, 3.63) is 35.4 Å². The van der Waals surface area contributed by atoms with Crippen LogP contribution in [0.4, 0.5) is 0 Å². The molecule has 20 nitrogen and oxygen atoms in total. The Balaban J connectivity index is 1.36. The minimum absolute atomic E-state index is 0.00299. The Morgan fingerprint density at radius 2 is 1.44 bits per heavy atom. The second kappa shape index (κ2) is 21.3. The fourth-order valence-electron chi connectivity index (χ4n) is 9.42. The number of likely N-dealkylation sites (tertiary alicyclic amines) is 1. The average molecular weight is 853 g/mol. The van der Waals surface area contributed by atoms with Gasteiger partial charge in [0.1, 0.15) is 29.7 Å². The van der Waals surface area contributed by atoms with Crippen LogP contribution < -0.4 is 44.6 Å². The van der Waals surface area contributed by atoms with Crippen LogP contribution in [0.1, 0.15) is 101 Å². The number of aliphatic imine (C=N–C) groups is 2. The lowest BCUT2D eigenvalue weighted by molar-refractivity contribution is -0.156. The maximum absolute atomic E-state index is 14.6. The van der Waals surface area contributed by atoms with Gasteiger partial charge < -0.3 is 64.6 Å². The summed E-state index contributed by atoms with van der Waals surface area (Å²) in [5, 5.41) is 29.3. The molecule has 0 aromatic heterocycles. The van der Waals surface area contributed by atoms with E-state index in [-0.39, 0.29) is 75.6 Å². The van der Waals surface area contributed by atoms with E-state index in [2.05, 4.69) is 25.9 Å². The number of guanidine groups is 2. The van der Waals surface area contributed by atoms with Gasteiger partial charge >= 0.3 is 5.97 Å². The topological polar surface area (TPSA) is 340 Å². The van der Waals surface area contributed by atoms with Crippen LogP contribution >= 0.6 is 0 Å². The molecule has 4 aliphatic rings. The molecule has 0 radical (unpaired) electrons. The molecule has 0 unspecified atom stereocenters. The first-order valence-electron chi connectivity index (χ1n) is 21.5. The zero-order chi connectivity index (χ0) is 44.3. The number of nitrogens with zero attached hydrogens (tertiary/aromatic N) is 4. The summed E-state index contributed by atoms with van der Waals surface area (Å²) < 4.78 is 0. The van der Waals surface area contributed by atoms with Crippen molar-refractivity contribution in [1.29, 1.82) is 0 Å². The van der Waals surface area contributed by atoms with Crippen LogP contribution in [0, 0.1) is 5.92 Å². The molecule has 0 bridgehead atoms. The lowest BCUT2D eigenvalue weighted by Gasteiger charge is -2.42. The van der Waals surface area contributed by atoms with Crippen LogP contribution in [0.5, 0.6) is 0 Å². The van der Waals surface area contributed by atoms with Crippen LogP contribution in [0.15, 0.2) is 34.3 Å². The first-order valence-corrected chi connectivity index (χ1v) is 21.5. The van der Waals surface area contributed by atoms with Gasteiger partial charge in [-0.05, 0) is 74.8 Å². The lowest BCUT2D eigenvalue weighted by atomic mass is 9.80. The van der Waals surface area contributed by atoms with E-state index >= 15 is 0 Å². The highest BCUT2D eigenvalue weighted by molar-refractivity contribution is 5.98. The van der Waals surface area contributed by atoms with Gasteiger partial charge in [0.15, 0.2) is 11.9 Å². The first-order chi connectivity index (χ1) is 29.1. The fraction of sp³-hybridized carbons (Fsp3) is 0.659. The number of carbonyl (C=O) groups is 6. The Labute approximate surface area is 355 Å². The third-order valence-corrected chi connectivity index (χ3v) is 12.6. The molecule has 5 amide bonds. The summed E-state index contributed by atoms with van der Waals surface area (Å²) in [5.74, 6) is -4.41. The van der Waals surface area contributed by atoms with Crippen molar-refractivity contribution in [3.63, 3.8) is 0 Å². The van der Waals surface area contributed by atoms with Gasteiger partial charge in [0.05, 0.1) is 12.6 Å². The summed E-state index contributed by atoms with van der Waals surface area (Å²) in [6, 6.07) is 1.36. The molecule has 1 saturated heterocycles. The monoisotopic (exact) mass is 852 g/mol. The van der Waals surface area contributed by atoms with Gasteiger partial charge in [-0.25, -0.2) is 4.79 Å². The normalized spacial score (nSPS) is 23.2. The number of carbonyl (C=O) groups excluding carboxylic acids is 5. The van der Waals surface area contributed by atoms with Crippen LogP contribution in [0.25, 0.3) is 0 Å². The summed E-state index contributed by atoms with van der Waals surface area (Å²) in [6.45, 7) is -0.395. The quantitative estimate of drug-likeness (QED) is 0.0453. The van der Waals surface area contributed by atoms with Crippen molar-refractivity contribution in [2.45, 2.75) is 145 Å². The number of carboxylic acids is 1. The van der Waals surface area contributed by atoms with Crippen molar-refractivity contribution in [2.24, 2.45) is 44.6 Å². The van der Waals surface area contributed by atoms with Crippen molar-refractivity contribution >= 4 is 47.4 Å². The van der Waals surface area contributed by atoms with Crippen LogP contribution in [0.2, 0.25) is 0 Å². The molecule has 5 rings (SSSR count). The lowest BCUT2D eigenvalue weighted by Crippen LogP contribution is -2.66. The summed E-state index contributed by atoms with van der Waals surface area (Å²) in [4.78, 5) is 94.3. The SMILES string of the molecule is NC(N)=NCCC[C@@H](N)C(=O)N[C@@H](CCCN=C(N)N)C(=O)NC1(C(=O)N[C@@H](CO)C(=O)N2Cc3ccccc3C[C@@H]2C(=O)N2[C@H](C(=O)O)C[C@@H]3CCCC[C@@H]32)CCCCC1. The van der Waals surface area contributed by atoms with Gasteiger partial charge in [0.2, 0.25) is 29.5 Å². The average Bonchev–Trinajstić information content (AvgIpc) is 3.64. The first kappa shape index (κ1) is 46.6. The highest BCUT2D eigenvalue weighted by Gasteiger charge is 2.51. The zero-order valence-corrected chi connectivity index (χ0v) is 34.8. The Hall–Kier alpha value is -5.50. The molecule has 336 valence electrons.